The Kier molecular flexibility index (Phi) is 4.70. The van der Waals surface area contributed by atoms with Gasteiger partial charge in [-0.2, -0.15) is 5.10 Å². The molecule has 0 unspecified atom stereocenters. The van der Waals surface area contributed by atoms with Gasteiger partial charge < -0.3 is 4.90 Å². The molecule has 1 saturated heterocycles. The Hall–Kier alpha value is -2.30. The highest BCUT2D eigenvalue weighted by Gasteiger charge is 2.30. The van der Waals surface area contributed by atoms with Crippen LogP contribution in [0, 0.1) is 6.92 Å². The third kappa shape index (κ3) is 3.47. The molecule has 0 aromatic carbocycles. The fraction of sp³-hybridized carbons (Fsp3) is 0.353. The Morgan fingerprint density at radius 2 is 2.07 bits per heavy atom. The maximum atomic E-state index is 13.0. The number of nitrogens with zero attached hydrogens (tertiary/aromatic N) is 4. The van der Waals surface area contributed by atoms with E-state index in [2.05, 4.69) is 14.8 Å². The van der Waals surface area contributed by atoms with Crippen molar-refractivity contribution in [2.24, 2.45) is 0 Å². The molecule has 3 aromatic heterocycles. The maximum Gasteiger partial charge on any atom is 0.259 e. The van der Waals surface area contributed by atoms with Crippen LogP contribution in [0.1, 0.15) is 28.9 Å². The van der Waals surface area contributed by atoms with Crippen molar-refractivity contribution >= 4 is 32.9 Å². The van der Waals surface area contributed by atoms with Crippen molar-refractivity contribution < 1.29 is 13.2 Å². The fourth-order valence-corrected chi connectivity index (χ4v) is 5.61. The molecule has 1 N–H and O–H groups in total. The van der Waals surface area contributed by atoms with Gasteiger partial charge in [0.15, 0.2) is 5.65 Å². The molecule has 3 aromatic rings. The normalized spacial score (nSPS) is 16.1. The van der Waals surface area contributed by atoms with E-state index in [0.29, 0.717) is 47.0 Å². The number of nitrogens with one attached hydrogen (secondary N) is 1. The summed E-state index contributed by atoms with van der Waals surface area (Å²) in [6, 6.07) is 4.89. The third-order valence-corrected chi connectivity index (χ3v) is 7.57. The van der Waals surface area contributed by atoms with E-state index >= 15 is 0 Å². The van der Waals surface area contributed by atoms with E-state index < -0.39 is 10.0 Å². The summed E-state index contributed by atoms with van der Waals surface area (Å²) in [4.78, 5) is 19.0. The summed E-state index contributed by atoms with van der Waals surface area (Å²) >= 11 is 1.19. The fourth-order valence-electron chi connectivity index (χ4n) is 3.30. The lowest BCUT2D eigenvalue weighted by atomic mass is 10.0. The summed E-state index contributed by atoms with van der Waals surface area (Å²) in [5.41, 5.74) is 1.69. The van der Waals surface area contributed by atoms with Crippen molar-refractivity contribution in [3.63, 3.8) is 0 Å². The second-order valence-corrected chi connectivity index (χ2v) is 9.36. The van der Waals surface area contributed by atoms with Crippen LogP contribution in [-0.4, -0.2) is 53.0 Å². The first kappa shape index (κ1) is 18.1. The number of hydrogen-bond acceptors (Lipinski definition) is 6. The average molecular weight is 406 g/mol. The summed E-state index contributed by atoms with van der Waals surface area (Å²) in [5, 5.41) is 6.08. The van der Waals surface area contributed by atoms with Crippen molar-refractivity contribution in [2.45, 2.75) is 30.0 Å². The molecule has 1 aliphatic heterocycles. The van der Waals surface area contributed by atoms with Crippen LogP contribution >= 0.6 is 11.3 Å². The molecule has 4 rings (SSSR count). The molecule has 1 fully saturated rings. The SMILES string of the molecule is Cc1nn2cccnc2c1C(=O)N1CCC(NS(=O)(=O)c2cccs2)CC1. The number of aryl methyl sites for hydroxylation is 1. The number of carbonyl (C=O) groups excluding carboxylic acids is 1. The van der Waals surface area contributed by atoms with Gasteiger partial charge >= 0.3 is 0 Å². The van der Waals surface area contributed by atoms with Gasteiger partial charge in [0.2, 0.25) is 10.0 Å². The average Bonchev–Trinajstić information content (AvgIpc) is 3.29. The molecule has 0 spiro atoms. The minimum absolute atomic E-state index is 0.110. The highest BCUT2D eigenvalue weighted by molar-refractivity contribution is 7.91. The predicted molar refractivity (Wildman–Crippen MR) is 101 cm³/mol. The summed E-state index contributed by atoms with van der Waals surface area (Å²) in [5.74, 6) is -0.110. The number of fused-ring (bicyclic) bond motifs is 1. The first-order chi connectivity index (χ1) is 13.0. The second-order valence-electron chi connectivity index (χ2n) is 6.47. The molecule has 10 heteroatoms. The standard InChI is InChI=1S/C17H19N5O3S2/c1-12-15(16-18-7-3-8-22(16)19-12)17(23)21-9-5-13(6-10-21)20-27(24,25)14-4-2-11-26-14/h2-4,7-8,11,13,20H,5-6,9-10H2,1H3. The number of sulfonamides is 1. The lowest BCUT2D eigenvalue weighted by Crippen LogP contribution is -2.46. The zero-order chi connectivity index (χ0) is 19.0. The Morgan fingerprint density at radius 1 is 1.30 bits per heavy atom. The van der Waals surface area contributed by atoms with Crippen molar-refractivity contribution in [1.82, 2.24) is 24.2 Å². The molecule has 1 aliphatic rings. The first-order valence-electron chi connectivity index (χ1n) is 8.61. The molecule has 4 heterocycles. The van der Waals surface area contributed by atoms with Crippen molar-refractivity contribution in [1.29, 1.82) is 0 Å². The molecule has 0 aliphatic carbocycles. The molecule has 0 bridgehead atoms. The predicted octanol–water partition coefficient (Wildman–Crippen LogP) is 1.68. The largest absolute Gasteiger partial charge is 0.338 e. The number of thiophene rings is 1. The second kappa shape index (κ2) is 7.02. The summed E-state index contributed by atoms with van der Waals surface area (Å²) in [6.07, 6.45) is 4.54. The van der Waals surface area contributed by atoms with E-state index in [1.165, 1.54) is 11.3 Å². The number of hydrogen-bond donors (Lipinski definition) is 1. The minimum Gasteiger partial charge on any atom is -0.338 e. The van der Waals surface area contributed by atoms with Crippen LogP contribution in [0.2, 0.25) is 0 Å². The van der Waals surface area contributed by atoms with Crippen LogP contribution in [0.15, 0.2) is 40.2 Å². The first-order valence-corrected chi connectivity index (χ1v) is 11.0. The number of piperidine rings is 1. The molecule has 27 heavy (non-hydrogen) atoms. The molecule has 0 radical (unpaired) electrons. The summed E-state index contributed by atoms with van der Waals surface area (Å²) in [7, 11) is -3.49. The van der Waals surface area contributed by atoms with E-state index in [-0.39, 0.29) is 11.9 Å². The third-order valence-electron chi connectivity index (χ3n) is 4.65. The Morgan fingerprint density at radius 3 is 2.78 bits per heavy atom. The molecular weight excluding hydrogens is 386 g/mol. The zero-order valence-corrected chi connectivity index (χ0v) is 16.3. The topological polar surface area (TPSA) is 96.7 Å². The molecule has 142 valence electrons. The van der Waals surface area contributed by atoms with E-state index in [9.17, 15) is 13.2 Å². The van der Waals surface area contributed by atoms with E-state index in [0.717, 1.165) is 0 Å². The van der Waals surface area contributed by atoms with Gasteiger partial charge in [0.25, 0.3) is 5.91 Å². The van der Waals surface area contributed by atoms with Crippen LogP contribution in [0.5, 0.6) is 0 Å². The maximum absolute atomic E-state index is 13.0. The van der Waals surface area contributed by atoms with Gasteiger partial charge in [-0.1, -0.05) is 6.07 Å². The number of rotatable bonds is 4. The number of carbonyl (C=O) groups is 1. The summed E-state index contributed by atoms with van der Waals surface area (Å²) in [6.45, 7) is 2.77. The molecule has 1 amide bonds. The van der Waals surface area contributed by atoms with Gasteiger partial charge in [-0.15, -0.1) is 11.3 Å². The van der Waals surface area contributed by atoms with Crippen LogP contribution in [-0.2, 0) is 10.0 Å². The molecule has 0 saturated carbocycles. The lowest BCUT2D eigenvalue weighted by molar-refractivity contribution is 0.0712. The van der Waals surface area contributed by atoms with Crippen LogP contribution in [0.3, 0.4) is 0 Å². The smallest absolute Gasteiger partial charge is 0.259 e. The highest BCUT2D eigenvalue weighted by atomic mass is 32.2. The monoisotopic (exact) mass is 405 g/mol. The van der Waals surface area contributed by atoms with Crippen molar-refractivity contribution in [3.8, 4) is 0 Å². The van der Waals surface area contributed by atoms with Gasteiger partial charge in [0.1, 0.15) is 9.77 Å². The quantitative estimate of drug-likeness (QED) is 0.712. The minimum atomic E-state index is -3.49. The highest BCUT2D eigenvalue weighted by Crippen LogP contribution is 2.21. The number of aromatic nitrogens is 3. The zero-order valence-electron chi connectivity index (χ0n) is 14.7. The Balaban J connectivity index is 1.45. The van der Waals surface area contributed by atoms with Crippen molar-refractivity contribution in [2.75, 3.05) is 13.1 Å². The van der Waals surface area contributed by atoms with Crippen LogP contribution in [0.4, 0.5) is 0 Å². The summed E-state index contributed by atoms with van der Waals surface area (Å²) < 4.78 is 29.4. The Bertz CT molecular complexity index is 1070. The van der Waals surface area contributed by atoms with Gasteiger partial charge in [-0.3, -0.25) is 4.79 Å². The van der Waals surface area contributed by atoms with Gasteiger partial charge in [0.05, 0.1) is 5.69 Å². The van der Waals surface area contributed by atoms with Crippen LogP contribution in [0.25, 0.3) is 5.65 Å². The van der Waals surface area contributed by atoms with E-state index in [4.69, 9.17) is 0 Å². The van der Waals surface area contributed by atoms with E-state index in [1.807, 2.05) is 0 Å². The number of amides is 1. The van der Waals surface area contributed by atoms with Crippen molar-refractivity contribution in [3.05, 3.63) is 47.2 Å². The number of likely N-dealkylation sites (tertiary alicyclic amines) is 1. The van der Waals surface area contributed by atoms with Gasteiger partial charge in [-0.25, -0.2) is 22.6 Å². The van der Waals surface area contributed by atoms with Crippen LogP contribution < -0.4 is 4.72 Å². The lowest BCUT2D eigenvalue weighted by Gasteiger charge is -2.32. The molecule has 0 atom stereocenters. The van der Waals surface area contributed by atoms with E-state index in [1.54, 1.807) is 52.3 Å². The molecular formula is C17H19N5O3S2. The van der Waals surface area contributed by atoms with Gasteiger partial charge in [-0.05, 0) is 37.3 Å². The van der Waals surface area contributed by atoms with Gasteiger partial charge in [0, 0.05) is 31.5 Å². The Labute approximate surface area is 160 Å². The molecule has 8 nitrogen and oxygen atoms in total.